The second-order valence-electron chi connectivity index (χ2n) is 5.64. The van der Waals surface area contributed by atoms with Crippen LogP contribution in [0.3, 0.4) is 0 Å². The molecule has 17 heavy (non-hydrogen) atoms. The number of aliphatic hydroxyl groups excluding tert-OH is 1. The number of nitrogens with zero attached hydrogens (tertiary/aromatic N) is 2. The number of hydrogen-bond acceptors (Lipinski definition) is 3. The Balaban J connectivity index is 1.90. The van der Waals surface area contributed by atoms with E-state index in [1.807, 2.05) is 0 Å². The average Bonchev–Trinajstić information content (AvgIpc) is 2.84. The highest BCUT2D eigenvalue weighted by Crippen LogP contribution is 2.27. The first-order chi connectivity index (χ1) is 8.35. The summed E-state index contributed by atoms with van der Waals surface area (Å²) in [6.07, 6.45) is 7.79. The Morgan fingerprint density at radius 3 is 2.59 bits per heavy atom. The largest absolute Gasteiger partial charge is 0.396 e. The van der Waals surface area contributed by atoms with Gasteiger partial charge in [0.15, 0.2) is 0 Å². The number of hydrogen-bond donors (Lipinski definition) is 1. The summed E-state index contributed by atoms with van der Waals surface area (Å²) in [5.74, 6) is 0. The fraction of sp³-hybridized carbons (Fsp3) is 1.00. The Morgan fingerprint density at radius 1 is 1.18 bits per heavy atom. The maximum absolute atomic E-state index is 9.25. The molecule has 3 heteroatoms. The molecule has 3 nitrogen and oxygen atoms in total. The van der Waals surface area contributed by atoms with Gasteiger partial charge in [-0.3, -0.25) is 4.90 Å². The van der Waals surface area contributed by atoms with Crippen molar-refractivity contribution in [3.8, 4) is 0 Å². The molecule has 0 amide bonds. The summed E-state index contributed by atoms with van der Waals surface area (Å²) in [6.45, 7) is 7.44. The van der Waals surface area contributed by atoms with Crippen molar-refractivity contribution < 1.29 is 5.11 Å². The molecule has 0 aromatic carbocycles. The van der Waals surface area contributed by atoms with Gasteiger partial charge in [0.1, 0.15) is 0 Å². The van der Waals surface area contributed by atoms with E-state index in [-0.39, 0.29) is 0 Å². The Hall–Kier alpha value is -0.120. The van der Waals surface area contributed by atoms with Crippen LogP contribution in [-0.2, 0) is 0 Å². The van der Waals surface area contributed by atoms with Crippen molar-refractivity contribution in [3.63, 3.8) is 0 Å². The quantitative estimate of drug-likeness (QED) is 0.792. The van der Waals surface area contributed by atoms with Crippen molar-refractivity contribution in [3.05, 3.63) is 0 Å². The lowest BCUT2D eigenvalue weighted by Crippen LogP contribution is -2.56. The molecule has 0 spiro atoms. The van der Waals surface area contributed by atoms with Gasteiger partial charge in [-0.1, -0.05) is 19.8 Å². The predicted molar refractivity (Wildman–Crippen MR) is 71.2 cm³/mol. The molecule has 0 radical (unpaired) electrons. The molecule has 1 aliphatic carbocycles. The molecular weight excluding hydrogens is 212 g/mol. The van der Waals surface area contributed by atoms with E-state index in [1.54, 1.807) is 0 Å². The van der Waals surface area contributed by atoms with Gasteiger partial charge in [0.05, 0.1) is 0 Å². The minimum absolute atomic E-state index is 0.341. The molecule has 1 unspecified atom stereocenters. The van der Waals surface area contributed by atoms with Crippen LogP contribution in [0, 0.1) is 0 Å². The molecule has 1 heterocycles. The van der Waals surface area contributed by atoms with E-state index in [2.05, 4.69) is 16.7 Å². The van der Waals surface area contributed by atoms with Crippen molar-refractivity contribution in [1.82, 2.24) is 9.80 Å². The van der Waals surface area contributed by atoms with Gasteiger partial charge >= 0.3 is 0 Å². The fourth-order valence-corrected chi connectivity index (χ4v) is 3.58. The van der Waals surface area contributed by atoms with E-state index in [4.69, 9.17) is 0 Å². The van der Waals surface area contributed by atoms with E-state index < -0.39 is 0 Å². The van der Waals surface area contributed by atoms with Crippen molar-refractivity contribution in [2.75, 3.05) is 32.8 Å². The lowest BCUT2D eigenvalue weighted by atomic mass is 10.0. The zero-order valence-corrected chi connectivity index (χ0v) is 11.3. The van der Waals surface area contributed by atoms with E-state index in [9.17, 15) is 5.11 Å². The standard InChI is InChI=1S/C14H28N2O/c1-2-8-15-9-10-16(13-5-3-4-6-13)14(12-15)7-11-17/h13-14,17H,2-12H2,1H3. The van der Waals surface area contributed by atoms with Crippen LogP contribution in [-0.4, -0.2) is 59.8 Å². The monoisotopic (exact) mass is 240 g/mol. The van der Waals surface area contributed by atoms with Crippen molar-refractivity contribution >= 4 is 0 Å². The summed E-state index contributed by atoms with van der Waals surface area (Å²) in [6, 6.07) is 1.42. The smallest absolute Gasteiger partial charge is 0.0446 e. The first kappa shape index (κ1) is 13.3. The topological polar surface area (TPSA) is 26.7 Å². The Bertz CT molecular complexity index is 216. The number of piperazine rings is 1. The average molecular weight is 240 g/mol. The van der Waals surface area contributed by atoms with Crippen LogP contribution in [0.15, 0.2) is 0 Å². The van der Waals surface area contributed by atoms with E-state index in [0.717, 1.165) is 12.5 Å². The van der Waals surface area contributed by atoms with E-state index in [0.29, 0.717) is 12.6 Å². The van der Waals surface area contributed by atoms with Crippen molar-refractivity contribution in [1.29, 1.82) is 0 Å². The van der Waals surface area contributed by atoms with Crippen LogP contribution < -0.4 is 0 Å². The first-order valence-corrected chi connectivity index (χ1v) is 7.44. The normalized spacial score (nSPS) is 28.9. The molecule has 1 atom stereocenters. The van der Waals surface area contributed by atoms with E-state index in [1.165, 1.54) is 58.3 Å². The van der Waals surface area contributed by atoms with Gasteiger partial charge < -0.3 is 10.0 Å². The van der Waals surface area contributed by atoms with Crippen LogP contribution in [0.25, 0.3) is 0 Å². The zero-order valence-electron chi connectivity index (χ0n) is 11.3. The zero-order chi connectivity index (χ0) is 12.1. The summed E-state index contributed by atoms with van der Waals surface area (Å²) in [4.78, 5) is 5.28. The summed E-state index contributed by atoms with van der Waals surface area (Å²) in [5.41, 5.74) is 0. The molecule has 1 N–H and O–H groups in total. The Morgan fingerprint density at radius 2 is 1.94 bits per heavy atom. The van der Waals surface area contributed by atoms with Gasteiger partial charge in [0, 0.05) is 38.3 Å². The molecule has 0 bridgehead atoms. The van der Waals surface area contributed by atoms with Gasteiger partial charge in [-0.2, -0.15) is 0 Å². The van der Waals surface area contributed by atoms with Crippen molar-refractivity contribution in [2.45, 2.75) is 57.5 Å². The second-order valence-corrected chi connectivity index (χ2v) is 5.64. The third-order valence-corrected chi connectivity index (χ3v) is 4.41. The third-order valence-electron chi connectivity index (χ3n) is 4.41. The van der Waals surface area contributed by atoms with Gasteiger partial charge in [-0.05, 0) is 32.2 Å². The lowest BCUT2D eigenvalue weighted by Gasteiger charge is -2.44. The maximum atomic E-state index is 9.25. The molecular formula is C14H28N2O. The molecule has 2 fully saturated rings. The molecule has 1 saturated carbocycles. The molecule has 2 aliphatic rings. The Kier molecular flexibility index (Phi) is 5.26. The predicted octanol–water partition coefficient (Wildman–Crippen LogP) is 1.71. The summed E-state index contributed by atoms with van der Waals surface area (Å²) >= 11 is 0. The number of rotatable bonds is 5. The molecule has 100 valence electrons. The number of aliphatic hydroxyl groups is 1. The van der Waals surface area contributed by atoms with Crippen LogP contribution in [0.4, 0.5) is 0 Å². The highest BCUT2D eigenvalue weighted by atomic mass is 16.3. The highest BCUT2D eigenvalue weighted by Gasteiger charge is 2.32. The SMILES string of the molecule is CCCN1CCN(C2CCCC2)C(CCO)C1. The first-order valence-electron chi connectivity index (χ1n) is 7.44. The Labute approximate surface area is 106 Å². The van der Waals surface area contributed by atoms with E-state index >= 15 is 0 Å². The van der Waals surface area contributed by atoms with Crippen LogP contribution in [0.1, 0.15) is 45.4 Å². The second kappa shape index (κ2) is 6.72. The summed E-state index contributed by atoms with van der Waals surface area (Å²) < 4.78 is 0. The summed E-state index contributed by atoms with van der Waals surface area (Å²) in [7, 11) is 0. The molecule has 1 aliphatic heterocycles. The van der Waals surface area contributed by atoms with Crippen LogP contribution in [0.5, 0.6) is 0 Å². The summed E-state index contributed by atoms with van der Waals surface area (Å²) in [5, 5.41) is 9.25. The molecule has 0 aromatic rings. The van der Waals surface area contributed by atoms with Gasteiger partial charge in [0.2, 0.25) is 0 Å². The third kappa shape index (κ3) is 3.43. The highest BCUT2D eigenvalue weighted by molar-refractivity contribution is 4.88. The van der Waals surface area contributed by atoms with Crippen LogP contribution in [0.2, 0.25) is 0 Å². The van der Waals surface area contributed by atoms with Gasteiger partial charge in [-0.25, -0.2) is 0 Å². The van der Waals surface area contributed by atoms with Crippen LogP contribution >= 0.6 is 0 Å². The van der Waals surface area contributed by atoms with Gasteiger partial charge in [0.25, 0.3) is 0 Å². The molecule has 1 saturated heterocycles. The molecule has 2 rings (SSSR count). The van der Waals surface area contributed by atoms with Crippen molar-refractivity contribution in [2.24, 2.45) is 0 Å². The molecule has 0 aromatic heterocycles. The minimum Gasteiger partial charge on any atom is -0.396 e. The minimum atomic E-state index is 0.341. The lowest BCUT2D eigenvalue weighted by molar-refractivity contribution is 0.0300. The fourth-order valence-electron chi connectivity index (χ4n) is 3.58. The maximum Gasteiger partial charge on any atom is 0.0446 e. The van der Waals surface area contributed by atoms with Gasteiger partial charge in [-0.15, -0.1) is 0 Å².